The molecule has 0 saturated heterocycles. The lowest BCUT2D eigenvalue weighted by molar-refractivity contribution is 0.397. The largest absolute Gasteiger partial charge is 0.308 e. The first-order valence-electron chi connectivity index (χ1n) is 6.58. The lowest BCUT2D eigenvalue weighted by Gasteiger charge is -2.37. The maximum Gasteiger partial charge on any atom is 0.153 e. The van der Waals surface area contributed by atoms with E-state index in [1.807, 2.05) is 11.7 Å². The maximum atomic E-state index is 4.11. The summed E-state index contributed by atoms with van der Waals surface area (Å²) >= 11 is 3.51. The normalized spacial score (nSPS) is 18.8. The molecular weight excluding hydrogens is 304 g/mol. The minimum Gasteiger partial charge on any atom is -0.308 e. The summed E-state index contributed by atoms with van der Waals surface area (Å²) in [5, 5.41) is 11.8. The van der Waals surface area contributed by atoms with Crippen molar-refractivity contribution in [2.45, 2.75) is 25.3 Å². The zero-order valence-electron chi connectivity index (χ0n) is 11.1. The summed E-state index contributed by atoms with van der Waals surface area (Å²) in [5.74, 6) is 0.504. The number of hydrogen-bond donors (Lipinski definition) is 1. The van der Waals surface area contributed by atoms with Gasteiger partial charge in [-0.05, 0) is 40.0 Å². The summed E-state index contributed by atoms with van der Waals surface area (Å²) in [5.41, 5.74) is 4.03. The molecule has 2 unspecified atom stereocenters. The third-order valence-corrected chi connectivity index (χ3v) is 4.41. The van der Waals surface area contributed by atoms with Crippen LogP contribution in [0.4, 0.5) is 0 Å². The van der Waals surface area contributed by atoms with Crippen LogP contribution in [0, 0.1) is 0 Å². The van der Waals surface area contributed by atoms with Crippen LogP contribution in [0.15, 0.2) is 28.9 Å². The molecule has 2 atom stereocenters. The zero-order chi connectivity index (χ0) is 13.4. The van der Waals surface area contributed by atoms with Gasteiger partial charge in [-0.2, -0.15) is 0 Å². The molecule has 2 aromatic rings. The first-order valence-corrected chi connectivity index (χ1v) is 7.38. The number of rotatable bonds is 4. The minimum atomic E-state index is 0.259. The van der Waals surface area contributed by atoms with Crippen molar-refractivity contribution in [1.29, 1.82) is 0 Å². The maximum absolute atomic E-state index is 4.11. The quantitative estimate of drug-likeness (QED) is 0.941. The zero-order valence-corrected chi connectivity index (χ0v) is 12.7. The fourth-order valence-corrected chi connectivity index (χ4v) is 3.49. The second-order valence-corrected chi connectivity index (χ2v) is 5.69. The Labute approximate surface area is 121 Å². The number of hydrogen-bond acceptors (Lipinski definition) is 3. The van der Waals surface area contributed by atoms with Crippen LogP contribution in [0.3, 0.4) is 0 Å². The van der Waals surface area contributed by atoms with Gasteiger partial charge in [0.1, 0.15) is 0 Å². The Bertz CT molecular complexity index is 573. The standard InChI is InChI=1S/C14H17BrN4/c1-3-16-12(13-14(15)17-18-19(13)2)11-8-9-6-4-5-7-10(9)11/h4-7,11-12,16H,3,8H2,1-2H3. The first kappa shape index (κ1) is 12.8. The average Bonchev–Trinajstić information content (AvgIpc) is 2.70. The minimum absolute atomic E-state index is 0.259. The summed E-state index contributed by atoms with van der Waals surface area (Å²) in [6.07, 6.45) is 1.12. The van der Waals surface area contributed by atoms with E-state index < -0.39 is 0 Å². The molecule has 4 nitrogen and oxygen atoms in total. The molecule has 0 aliphatic heterocycles. The summed E-state index contributed by atoms with van der Waals surface area (Å²) < 4.78 is 2.70. The lowest BCUT2D eigenvalue weighted by atomic mass is 9.72. The third-order valence-electron chi connectivity index (χ3n) is 3.84. The molecule has 0 bridgehead atoms. The van der Waals surface area contributed by atoms with E-state index in [2.05, 4.69) is 62.7 Å². The predicted molar refractivity (Wildman–Crippen MR) is 78.0 cm³/mol. The molecule has 1 heterocycles. The monoisotopic (exact) mass is 320 g/mol. The topological polar surface area (TPSA) is 42.7 Å². The molecule has 1 aromatic heterocycles. The van der Waals surface area contributed by atoms with Crippen LogP contribution in [-0.2, 0) is 13.5 Å². The number of aryl methyl sites for hydroxylation is 1. The van der Waals surface area contributed by atoms with Crippen molar-refractivity contribution in [3.8, 4) is 0 Å². The highest BCUT2D eigenvalue weighted by molar-refractivity contribution is 9.10. The molecule has 1 aliphatic carbocycles. The summed E-state index contributed by atoms with van der Waals surface area (Å²) in [4.78, 5) is 0. The predicted octanol–water partition coefficient (Wildman–Crippen LogP) is 2.57. The Kier molecular flexibility index (Phi) is 3.41. The van der Waals surface area contributed by atoms with Crippen LogP contribution in [0.5, 0.6) is 0 Å². The van der Waals surface area contributed by atoms with E-state index in [9.17, 15) is 0 Å². The van der Waals surface area contributed by atoms with Crippen molar-refractivity contribution >= 4 is 15.9 Å². The Morgan fingerprint density at radius 3 is 2.89 bits per heavy atom. The fourth-order valence-electron chi connectivity index (χ4n) is 2.91. The fraction of sp³-hybridized carbons (Fsp3) is 0.429. The van der Waals surface area contributed by atoms with E-state index >= 15 is 0 Å². The summed E-state index contributed by atoms with van der Waals surface area (Å²) in [6, 6.07) is 8.93. The SMILES string of the molecule is CCNC(c1c(Br)nnn1C)C1Cc2ccccc21. The number of fused-ring (bicyclic) bond motifs is 1. The van der Waals surface area contributed by atoms with E-state index in [1.165, 1.54) is 11.1 Å². The second kappa shape index (κ2) is 5.06. The number of nitrogens with zero attached hydrogens (tertiary/aromatic N) is 3. The molecule has 3 rings (SSSR count). The molecule has 19 heavy (non-hydrogen) atoms. The molecule has 1 aromatic carbocycles. The number of benzene rings is 1. The van der Waals surface area contributed by atoms with Gasteiger partial charge in [0, 0.05) is 13.0 Å². The van der Waals surface area contributed by atoms with Crippen LogP contribution >= 0.6 is 15.9 Å². The number of aromatic nitrogens is 3. The van der Waals surface area contributed by atoms with Crippen molar-refractivity contribution in [1.82, 2.24) is 20.3 Å². The van der Waals surface area contributed by atoms with Crippen molar-refractivity contribution in [2.75, 3.05) is 6.54 Å². The van der Waals surface area contributed by atoms with Gasteiger partial charge in [0.15, 0.2) is 4.60 Å². The Morgan fingerprint density at radius 2 is 2.26 bits per heavy atom. The molecule has 1 N–H and O–H groups in total. The van der Waals surface area contributed by atoms with Crippen LogP contribution in [0.25, 0.3) is 0 Å². The Balaban J connectivity index is 1.96. The van der Waals surface area contributed by atoms with Gasteiger partial charge in [-0.15, -0.1) is 5.10 Å². The van der Waals surface area contributed by atoms with E-state index in [1.54, 1.807) is 0 Å². The van der Waals surface area contributed by atoms with Gasteiger partial charge >= 0.3 is 0 Å². The third kappa shape index (κ3) is 2.11. The number of likely N-dealkylation sites (N-methyl/N-ethyl adjacent to an activating group) is 1. The van der Waals surface area contributed by atoms with Crippen LogP contribution in [-0.4, -0.2) is 21.5 Å². The van der Waals surface area contributed by atoms with Crippen LogP contribution in [0.1, 0.15) is 35.7 Å². The van der Waals surface area contributed by atoms with Gasteiger partial charge in [0.25, 0.3) is 0 Å². The van der Waals surface area contributed by atoms with Gasteiger partial charge in [-0.3, -0.25) is 0 Å². The van der Waals surface area contributed by atoms with Crippen LogP contribution < -0.4 is 5.32 Å². The summed E-state index contributed by atoms with van der Waals surface area (Å²) in [6.45, 7) is 3.07. The van der Waals surface area contributed by atoms with Gasteiger partial charge in [0.05, 0.1) is 11.7 Å². The molecule has 0 radical (unpaired) electrons. The van der Waals surface area contributed by atoms with Gasteiger partial charge in [-0.1, -0.05) is 36.4 Å². The van der Waals surface area contributed by atoms with Gasteiger partial charge < -0.3 is 5.32 Å². The van der Waals surface area contributed by atoms with Crippen molar-refractivity contribution in [3.63, 3.8) is 0 Å². The molecule has 0 amide bonds. The van der Waals surface area contributed by atoms with E-state index in [4.69, 9.17) is 0 Å². The first-order chi connectivity index (χ1) is 9.22. The lowest BCUT2D eigenvalue weighted by Crippen LogP contribution is -2.34. The summed E-state index contributed by atoms with van der Waals surface area (Å²) in [7, 11) is 1.95. The van der Waals surface area contributed by atoms with E-state index in [0.717, 1.165) is 23.3 Å². The number of nitrogens with one attached hydrogen (secondary N) is 1. The van der Waals surface area contributed by atoms with Crippen molar-refractivity contribution < 1.29 is 0 Å². The molecule has 100 valence electrons. The Morgan fingerprint density at radius 1 is 1.47 bits per heavy atom. The van der Waals surface area contributed by atoms with Crippen LogP contribution in [0.2, 0.25) is 0 Å². The smallest absolute Gasteiger partial charge is 0.153 e. The van der Waals surface area contributed by atoms with E-state index in [0.29, 0.717) is 5.92 Å². The highest BCUT2D eigenvalue weighted by Crippen LogP contribution is 2.44. The van der Waals surface area contributed by atoms with Crippen molar-refractivity contribution in [2.24, 2.45) is 7.05 Å². The second-order valence-electron chi connectivity index (χ2n) is 4.93. The number of halogens is 1. The highest BCUT2D eigenvalue weighted by atomic mass is 79.9. The van der Waals surface area contributed by atoms with Gasteiger partial charge in [0.2, 0.25) is 0 Å². The molecule has 5 heteroatoms. The van der Waals surface area contributed by atoms with Crippen molar-refractivity contribution in [3.05, 3.63) is 45.7 Å². The van der Waals surface area contributed by atoms with E-state index in [-0.39, 0.29) is 6.04 Å². The highest BCUT2D eigenvalue weighted by Gasteiger charge is 2.36. The molecule has 0 saturated carbocycles. The average molecular weight is 321 g/mol. The molecule has 0 spiro atoms. The molecular formula is C14H17BrN4. The molecule has 0 fully saturated rings. The molecule has 1 aliphatic rings. The Hall–Kier alpha value is -1.20. The van der Waals surface area contributed by atoms with Gasteiger partial charge in [-0.25, -0.2) is 4.68 Å².